The van der Waals surface area contributed by atoms with Gasteiger partial charge >= 0.3 is 0 Å². The molecule has 0 heterocycles. The first-order valence-corrected chi connectivity index (χ1v) is 8.07. The van der Waals surface area contributed by atoms with Gasteiger partial charge in [-0.3, -0.25) is 0 Å². The third-order valence-corrected chi connectivity index (χ3v) is 3.95. The monoisotopic (exact) mass is 356 g/mol. The van der Waals surface area contributed by atoms with Crippen molar-refractivity contribution in [1.82, 2.24) is 0 Å². The topological polar surface area (TPSA) is 61.6 Å². The Morgan fingerprint density at radius 2 is 1.00 bits per heavy atom. The van der Waals surface area contributed by atoms with Gasteiger partial charge in [0.25, 0.3) is 0 Å². The van der Waals surface area contributed by atoms with Crippen LogP contribution in [0.4, 0.5) is 0 Å². The Kier molecular flexibility index (Phi) is 6.60. The average Bonchev–Trinajstić information content (AvgIpc) is 2.70. The Labute approximate surface area is 154 Å². The lowest BCUT2D eigenvalue weighted by atomic mass is 10.1. The highest BCUT2D eigenvalue weighted by Crippen LogP contribution is 2.26. The van der Waals surface area contributed by atoms with Gasteiger partial charge in [-0.05, 0) is 38.1 Å². The minimum atomic E-state index is 0.681. The zero-order valence-electron chi connectivity index (χ0n) is 16.0. The van der Waals surface area contributed by atoms with E-state index in [-0.39, 0.29) is 0 Å². The Balaban J connectivity index is 2.35. The summed E-state index contributed by atoms with van der Waals surface area (Å²) in [5.41, 5.74) is 3.17. The summed E-state index contributed by atoms with van der Waals surface area (Å²) in [4.78, 5) is 0. The van der Waals surface area contributed by atoms with E-state index in [0.29, 0.717) is 11.5 Å². The summed E-state index contributed by atoms with van der Waals surface area (Å²) < 4.78 is 21.3. The van der Waals surface area contributed by atoms with Crippen molar-refractivity contribution in [3.8, 4) is 23.0 Å². The molecule has 0 saturated heterocycles. The minimum absolute atomic E-state index is 0.681. The SMILES string of the molecule is COc1ccc(/C(C)=N\N=C(/C)c2ccc(OC)cc2OC)c(OC)c1. The van der Waals surface area contributed by atoms with Gasteiger partial charge < -0.3 is 18.9 Å². The molecule has 2 aromatic carbocycles. The molecule has 2 aromatic rings. The molecule has 0 aromatic heterocycles. The van der Waals surface area contributed by atoms with E-state index in [1.165, 1.54) is 0 Å². The summed E-state index contributed by atoms with van der Waals surface area (Å²) >= 11 is 0. The van der Waals surface area contributed by atoms with Crippen LogP contribution in [0.5, 0.6) is 23.0 Å². The Hall–Kier alpha value is -3.02. The number of hydrogen-bond donors (Lipinski definition) is 0. The summed E-state index contributed by atoms with van der Waals surface area (Å²) in [7, 11) is 6.46. The second-order valence-corrected chi connectivity index (χ2v) is 5.50. The van der Waals surface area contributed by atoms with Crippen LogP contribution in [0.15, 0.2) is 46.6 Å². The first-order chi connectivity index (χ1) is 12.5. The fourth-order valence-corrected chi connectivity index (χ4v) is 2.45. The van der Waals surface area contributed by atoms with E-state index in [1.54, 1.807) is 28.4 Å². The van der Waals surface area contributed by atoms with Gasteiger partial charge in [0.15, 0.2) is 0 Å². The predicted molar refractivity (Wildman–Crippen MR) is 104 cm³/mol. The number of rotatable bonds is 7. The van der Waals surface area contributed by atoms with Crippen molar-refractivity contribution in [2.24, 2.45) is 10.2 Å². The third-order valence-electron chi connectivity index (χ3n) is 3.95. The van der Waals surface area contributed by atoms with Crippen molar-refractivity contribution in [2.45, 2.75) is 13.8 Å². The van der Waals surface area contributed by atoms with Gasteiger partial charge in [-0.15, -0.1) is 0 Å². The number of methoxy groups -OCH3 is 4. The van der Waals surface area contributed by atoms with E-state index in [9.17, 15) is 0 Å². The Morgan fingerprint density at radius 3 is 1.31 bits per heavy atom. The average molecular weight is 356 g/mol. The molecule has 0 amide bonds. The molecule has 0 atom stereocenters. The van der Waals surface area contributed by atoms with Crippen LogP contribution in [0.25, 0.3) is 0 Å². The second-order valence-electron chi connectivity index (χ2n) is 5.50. The van der Waals surface area contributed by atoms with Gasteiger partial charge in [-0.25, -0.2) is 0 Å². The van der Waals surface area contributed by atoms with Gasteiger partial charge in [-0.2, -0.15) is 10.2 Å². The quantitative estimate of drug-likeness (QED) is 0.557. The maximum absolute atomic E-state index is 5.42. The normalized spacial score (nSPS) is 11.9. The summed E-state index contributed by atoms with van der Waals surface area (Å²) in [5.74, 6) is 2.81. The standard InChI is InChI=1S/C20H24N2O4/c1-13(17-9-7-15(23-3)11-19(17)25-5)21-22-14(2)18-10-8-16(24-4)12-20(18)26-6/h7-12H,1-6H3/b21-13-,22-14+. The molecule has 0 aliphatic heterocycles. The summed E-state index contributed by atoms with van der Waals surface area (Å²) in [6, 6.07) is 11.2. The molecule has 0 bridgehead atoms. The van der Waals surface area contributed by atoms with Crippen molar-refractivity contribution in [2.75, 3.05) is 28.4 Å². The summed E-state index contributed by atoms with van der Waals surface area (Å²) in [6.45, 7) is 3.76. The predicted octanol–water partition coefficient (Wildman–Crippen LogP) is 3.95. The number of nitrogens with zero attached hydrogens (tertiary/aromatic N) is 2. The van der Waals surface area contributed by atoms with Crippen LogP contribution in [-0.2, 0) is 0 Å². The Morgan fingerprint density at radius 1 is 0.615 bits per heavy atom. The largest absolute Gasteiger partial charge is 0.497 e. The van der Waals surface area contributed by atoms with Crippen LogP contribution >= 0.6 is 0 Å². The second kappa shape index (κ2) is 8.89. The zero-order chi connectivity index (χ0) is 19.1. The molecule has 26 heavy (non-hydrogen) atoms. The Bertz CT molecular complexity index is 759. The fourth-order valence-electron chi connectivity index (χ4n) is 2.45. The van der Waals surface area contributed by atoms with E-state index in [2.05, 4.69) is 10.2 Å². The first kappa shape index (κ1) is 19.3. The molecule has 0 fully saturated rings. The number of ether oxygens (including phenoxy) is 4. The van der Waals surface area contributed by atoms with Crippen molar-refractivity contribution in [3.63, 3.8) is 0 Å². The first-order valence-electron chi connectivity index (χ1n) is 8.07. The minimum Gasteiger partial charge on any atom is -0.497 e. The van der Waals surface area contributed by atoms with Gasteiger partial charge in [0.05, 0.1) is 39.9 Å². The van der Waals surface area contributed by atoms with Crippen molar-refractivity contribution >= 4 is 11.4 Å². The van der Waals surface area contributed by atoms with E-state index in [4.69, 9.17) is 18.9 Å². The zero-order valence-corrected chi connectivity index (χ0v) is 16.0. The van der Waals surface area contributed by atoms with Crippen LogP contribution in [0, 0.1) is 0 Å². The van der Waals surface area contributed by atoms with E-state index in [0.717, 1.165) is 34.0 Å². The van der Waals surface area contributed by atoms with Gasteiger partial charge in [-0.1, -0.05) is 0 Å². The smallest absolute Gasteiger partial charge is 0.131 e. The third kappa shape index (κ3) is 4.33. The molecule has 138 valence electrons. The highest BCUT2D eigenvalue weighted by atomic mass is 16.5. The van der Waals surface area contributed by atoms with E-state index >= 15 is 0 Å². The molecule has 2 rings (SSSR count). The van der Waals surface area contributed by atoms with Gasteiger partial charge in [0.1, 0.15) is 23.0 Å². The van der Waals surface area contributed by atoms with Gasteiger partial charge in [0, 0.05) is 23.3 Å². The molecule has 0 N–H and O–H groups in total. The van der Waals surface area contributed by atoms with Crippen LogP contribution < -0.4 is 18.9 Å². The lowest BCUT2D eigenvalue weighted by Crippen LogP contribution is -2.02. The summed E-state index contributed by atoms with van der Waals surface area (Å²) in [5, 5.41) is 8.70. The molecule has 0 aliphatic rings. The molecule has 0 radical (unpaired) electrons. The van der Waals surface area contributed by atoms with Crippen LogP contribution in [0.1, 0.15) is 25.0 Å². The highest BCUT2D eigenvalue weighted by molar-refractivity contribution is 6.04. The maximum Gasteiger partial charge on any atom is 0.131 e. The van der Waals surface area contributed by atoms with Gasteiger partial charge in [0.2, 0.25) is 0 Å². The molecule has 0 aliphatic carbocycles. The summed E-state index contributed by atoms with van der Waals surface area (Å²) in [6.07, 6.45) is 0. The maximum atomic E-state index is 5.42. The molecule has 6 nitrogen and oxygen atoms in total. The molecule has 0 saturated carbocycles. The lowest BCUT2D eigenvalue weighted by molar-refractivity contribution is 0.393. The van der Waals surface area contributed by atoms with Crippen LogP contribution in [0.3, 0.4) is 0 Å². The van der Waals surface area contributed by atoms with E-state index < -0.39 is 0 Å². The molecular formula is C20H24N2O4. The van der Waals surface area contributed by atoms with Crippen molar-refractivity contribution < 1.29 is 18.9 Å². The number of hydrogen-bond acceptors (Lipinski definition) is 6. The molecule has 0 unspecified atom stereocenters. The van der Waals surface area contributed by atoms with E-state index in [1.807, 2.05) is 50.2 Å². The molecular weight excluding hydrogens is 332 g/mol. The number of benzene rings is 2. The van der Waals surface area contributed by atoms with Crippen LogP contribution in [0.2, 0.25) is 0 Å². The lowest BCUT2D eigenvalue weighted by Gasteiger charge is -2.10. The van der Waals surface area contributed by atoms with Crippen molar-refractivity contribution in [1.29, 1.82) is 0 Å². The van der Waals surface area contributed by atoms with Crippen LogP contribution in [-0.4, -0.2) is 39.9 Å². The van der Waals surface area contributed by atoms with Crippen molar-refractivity contribution in [3.05, 3.63) is 47.5 Å². The molecule has 0 spiro atoms. The highest BCUT2D eigenvalue weighted by Gasteiger charge is 2.10. The molecule has 6 heteroatoms. The fraction of sp³-hybridized carbons (Fsp3) is 0.300.